The Morgan fingerprint density at radius 2 is 1.79 bits per heavy atom. The quantitative estimate of drug-likeness (QED) is 0.404. The Bertz CT molecular complexity index is 1060. The molecule has 208 valence electrons. The van der Waals surface area contributed by atoms with E-state index < -0.39 is 0 Å². The molecule has 4 rings (SSSR count). The van der Waals surface area contributed by atoms with Crippen LogP contribution >= 0.6 is 0 Å². The molecule has 1 aliphatic carbocycles. The summed E-state index contributed by atoms with van der Waals surface area (Å²) in [5.41, 5.74) is 3.59. The van der Waals surface area contributed by atoms with E-state index in [9.17, 15) is 4.79 Å². The lowest BCUT2D eigenvalue weighted by molar-refractivity contribution is -0.0185. The predicted molar refractivity (Wildman–Crippen MR) is 154 cm³/mol. The van der Waals surface area contributed by atoms with Crippen LogP contribution in [0.5, 0.6) is 5.75 Å². The lowest BCUT2D eigenvalue weighted by Crippen LogP contribution is -2.48. The summed E-state index contributed by atoms with van der Waals surface area (Å²) < 4.78 is 12.1. The molecule has 0 aromatic heterocycles. The average Bonchev–Trinajstić information content (AvgIpc) is 3.31. The number of hydrogen-bond acceptors (Lipinski definition) is 4. The summed E-state index contributed by atoms with van der Waals surface area (Å²) in [6, 6.07) is 16.8. The highest BCUT2D eigenvalue weighted by Gasteiger charge is 2.41. The van der Waals surface area contributed by atoms with Gasteiger partial charge < -0.3 is 9.47 Å². The number of rotatable bonds is 7. The Morgan fingerprint density at radius 1 is 1.05 bits per heavy atom. The Balaban J connectivity index is 1.56. The van der Waals surface area contributed by atoms with Crippen molar-refractivity contribution in [2.45, 2.75) is 104 Å². The van der Waals surface area contributed by atoms with Crippen LogP contribution in [0.3, 0.4) is 0 Å². The molecule has 2 aromatic rings. The highest BCUT2D eigenvalue weighted by atomic mass is 16.6. The van der Waals surface area contributed by atoms with Gasteiger partial charge in [-0.3, -0.25) is 10.2 Å². The molecule has 38 heavy (non-hydrogen) atoms. The minimum atomic E-state index is -0.186. The topological polar surface area (TPSA) is 50.8 Å². The van der Waals surface area contributed by atoms with Gasteiger partial charge in [0.1, 0.15) is 11.9 Å². The van der Waals surface area contributed by atoms with E-state index in [-0.39, 0.29) is 29.8 Å². The Kier molecular flexibility index (Phi) is 9.07. The molecule has 1 heterocycles. The summed E-state index contributed by atoms with van der Waals surface area (Å²) in [5, 5.41) is 3.71. The summed E-state index contributed by atoms with van der Waals surface area (Å²) in [6.07, 6.45) is 4.77. The monoisotopic (exact) mass is 520 g/mol. The van der Waals surface area contributed by atoms with E-state index in [1.54, 1.807) is 7.11 Å². The van der Waals surface area contributed by atoms with Crippen molar-refractivity contribution in [1.82, 2.24) is 10.2 Å². The zero-order valence-corrected chi connectivity index (χ0v) is 24.5. The van der Waals surface area contributed by atoms with E-state index in [0.717, 1.165) is 37.0 Å². The molecular weight excluding hydrogens is 472 g/mol. The van der Waals surface area contributed by atoms with Crippen molar-refractivity contribution in [3.8, 4) is 5.75 Å². The van der Waals surface area contributed by atoms with Gasteiger partial charge in [0.25, 0.3) is 0 Å². The molecule has 0 spiro atoms. The van der Waals surface area contributed by atoms with Crippen molar-refractivity contribution in [3.63, 3.8) is 0 Å². The van der Waals surface area contributed by atoms with Crippen LogP contribution in [0.4, 0.5) is 4.79 Å². The molecule has 1 N–H and O–H groups in total. The highest BCUT2D eigenvalue weighted by Crippen LogP contribution is 2.39. The first-order valence-corrected chi connectivity index (χ1v) is 14.5. The van der Waals surface area contributed by atoms with Gasteiger partial charge in [-0.2, -0.15) is 0 Å². The van der Waals surface area contributed by atoms with Crippen molar-refractivity contribution in [2.24, 2.45) is 17.8 Å². The van der Waals surface area contributed by atoms with E-state index in [0.29, 0.717) is 24.3 Å². The number of nitrogens with one attached hydrogen (secondary N) is 1. The lowest BCUT2D eigenvalue weighted by Gasteiger charge is -2.39. The number of methoxy groups -OCH3 is 1. The Morgan fingerprint density at radius 3 is 2.45 bits per heavy atom. The second-order valence-corrected chi connectivity index (χ2v) is 12.8. The highest BCUT2D eigenvalue weighted by molar-refractivity contribution is 5.69. The normalized spacial score (nSPS) is 26.0. The minimum Gasteiger partial charge on any atom is -0.496 e. The number of ether oxygens (including phenoxy) is 2. The van der Waals surface area contributed by atoms with Crippen molar-refractivity contribution < 1.29 is 14.3 Å². The molecule has 2 unspecified atom stereocenters. The van der Waals surface area contributed by atoms with Crippen LogP contribution in [0.25, 0.3) is 0 Å². The SMILES string of the molecule is COc1ccc(C(C)(C)C)cc1CNC1CCC(c2ccccc2)N1C(=O)O[C@H]1C[C@@H](C)CC[C@@H]1C(C)C. The van der Waals surface area contributed by atoms with Crippen LogP contribution in [0.15, 0.2) is 48.5 Å². The Hall–Kier alpha value is -2.53. The fourth-order valence-corrected chi connectivity index (χ4v) is 6.32. The van der Waals surface area contributed by atoms with Gasteiger partial charge in [0.05, 0.1) is 19.3 Å². The van der Waals surface area contributed by atoms with E-state index >= 15 is 0 Å². The van der Waals surface area contributed by atoms with Gasteiger partial charge in [0.2, 0.25) is 0 Å². The molecule has 5 atom stereocenters. The van der Waals surface area contributed by atoms with Gasteiger partial charge in [0.15, 0.2) is 0 Å². The maximum absolute atomic E-state index is 13.9. The fourth-order valence-electron chi connectivity index (χ4n) is 6.32. The zero-order chi connectivity index (χ0) is 27.4. The largest absolute Gasteiger partial charge is 0.496 e. The van der Waals surface area contributed by atoms with Crippen LogP contribution in [-0.2, 0) is 16.7 Å². The summed E-state index contributed by atoms with van der Waals surface area (Å²) >= 11 is 0. The van der Waals surface area contributed by atoms with Crippen LogP contribution in [0.1, 0.15) is 96.4 Å². The van der Waals surface area contributed by atoms with Crippen LogP contribution in [-0.4, -0.2) is 30.4 Å². The van der Waals surface area contributed by atoms with Gasteiger partial charge in [-0.25, -0.2) is 4.79 Å². The molecule has 5 heteroatoms. The van der Waals surface area contributed by atoms with E-state index in [4.69, 9.17) is 9.47 Å². The predicted octanol–water partition coefficient (Wildman–Crippen LogP) is 7.84. The molecule has 1 saturated heterocycles. The van der Waals surface area contributed by atoms with Gasteiger partial charge in [-0.15, -0.1) is 0 Å². The number of nitrogens with zero attached hydrogens (tertiary/aromatic N) is 1. The molecule has 2 aromatic carbocycles. The molecule has 0 radical (unpaired) electrons. The molecule has 1 amide bonds. The third-order valence-electron chi connectivity index (χ3n) is 8.67. The molecule has 1 saturated carbocycles. The minimum absolute atomic E-state index is 0.00233. The number of likely N-dealkylation sites (tertiary alicyclic amines) is 1. The van der Waals surface area contributed by atoms with Gasteiger partial charge in [0, 0.05) is 12.1 Å². The first-order valence-electron chi connectivity index (χ1n) is 14.5. The van der Waals surface area contributed by atoms with E-state index in [1.807, 2.05) is 11.0 Å². The van der Waals surface area contributed by atoms with Crippen molar-refractivity contribution in [1.29, 1.82) is 0 Å². The van der Waals surface area contributed by atoms with Gasteiger partial charge >= 0.3 is 6.09 Å². The van der Waals surface area contributed by atoms with E-state index in [2.05, 4.69) is 89.3 Å². The first kappa shape index (κ1) is 28.5. The maximum atomic E-state index is 13.9. The molecule has 2 aliphatic rings. The van der Waals surface area contributed by atoms with Gasteiger partial charge in [-0.1, -0.05) is 90.4 Å². The number of hydrogen-bond donors (Lipinski definition) is 1. The summed E-state index contributed by atoms with van der Waals surface area (Å²) in [5.74, 6) is 2.37. The van der Waals surface area contributed by atoms with Crippen LogP contribution in [0, 0.1) is 17.8 Å². The number of carbonyl (C=O) groups is 1. The zero-order valence-electron chi connectivity index (χ0n) is 24.5. The lowest BCUT2D eigenvalue weighted by atomic mass is 9.75. The maximum Gasteiger partial charge on any atom is 0.411 e. The molecule has 5 nitrogen and oxygen atoms in total. The van der Waals surface area contributed by atoms with E-state index in [1.165, 1.54) is 17.5 Å². The van der Waals surface area contributed by atoms with Crippen molar-refractivity contribution >= 4 is 6.09 Å². The second-order valence-electron chi connectivity index (χ2n) is 12.8. The average molecular weight is 521 g/mol. The third kappa shape index (κ3) is 6.54. The molecular formula is C33H48N2O3. The summed E-state index contributed by atoms with van der Waals surface area (Å²) in [4.78, 5) is 15.9. The van der Waals surface area contributed by atoms with Crippen LogP contribution < -0.4 is 10.1 Å². The Labute approximate surface area is 230 Å². The molecule has 0 bridgehead atoms. The van der Waals surface area contributed by atoms with Crippen molar-refractivity contribution in [3.05, 3.63) is 65.2 Å². The molecule has 2 fully saturated rings. The third-order valence-corrected chi connectivity index (χ3v) is 8.67. The smallest absolute Gasteiger partial charge is 0.411 e. The van der Waals surface area contributed by atoms with Crippen LogP contribution in [0.2, 0.25) is 0 Å². The first-order chi connectivity index (χ1) is 18.1. The number of amides is 1. The number of benzene rings is 2. The van der Waals surface area contributed by atoms with Gasteiger partial charge in [-0.05, 0) is 66.0 Å². The number of carbonyl (C=O) groups excluding carboxylic acids is 1. The second kappa shape index (κ2) is 12.1. The summed E-state index contributed by atoms with van der Waals surface area (Å²) in [7, 11) is 1.72. The van der Waals surface area contributed by atoms with Crippen molar-refractivity contribution in [2.75, 3.05) is 7.11 Å². The summed E-state index contributed by atoms with van der Waals surface area (Å²) in [6.45, 7) is 14.1. The molecule has 1 aliphatic heterocycles. The standard InChI is InChI=1S/C33H48N2O3/c1-22(2)27-15-13-23(3)19-30(27)38-32(36)35-28(24-11-9-8-10-12-24)16-18-31(35)34-21-25-20-26(33(4,5)6)14-17-29(25)37-7/h8-12,14,17,20,22-23,27-28,30-31,34H,13,15-16,18-19,21H2,1-7H3/t23-,27+,28?,30-,31?/m0/s1. The fraction of sp³-hybridized carbons (Fsp3) is 0.606.